The smallest absolute Gasteiger partial charge is 0.468 e. The zero-order valence-corrected chi connectivity index (χ0v) is 19.7. The van der Waals surface area contributed by atoms with Gasteiger partial charge in [0.2, 0.25) is 0 Å². The number of esters is 1. The molecule has 1 saturated heterocycles. The van der Waals surface area contributed by atoms with E-state index >= 15 is 0 Å². The van der Waals surface area contributed by atoms with Crippen molar-refractivity contribution in [3.63, 3.8) is 0 Å². The Morgan fingerprint density at radius 3 is 2.35 bits per heavy atom. The number of carbonyl (C=O) groups is 2. The summed E-state index contributed by atoms with van der Waals surface area (Å²) in [5, 5.41) is 0.888. The third-order valence-electron chi connectivity index (χ3n) is 5.62. The zero-order valence-electron chi connectivity index (χ0n) is 18.9. The summed E-state index contributed by atoms with van der Waals surface area (Å²) in [6.45, 7) is 10.1. The summed E-state index contributed by atoms with van der Waals surface area (Å²) < 4.78 is 29.1. The highest BCUT2D eigenvalue weighted by molar-refractivity contribution is 7.20. The van der Waals surface area contributed by atoms with Crippen LogP contribution in [0.2, 0.25) is 0 Å². The molecule has 0 atom stereocenters. The Bertz CT molecular complexity index is 950. The van der Waals surface area contributed by atoms with Gasteiger partial charge >= 0.3 is 13.1 Å². The van der Waals surface area contributed by atoms with Crippen LogP contribution in [0.3, 0.4) is 0 Å². The second-order valence-electron chi connectivity index (χ2n) is 8.41. The lowest BCUT2D eigenvalue weighted by Gasteiger charge is -2.32. The summed E-state index contributed by atoms with van der Waals surface area (Å²) in [7, 11) is 0.947. The normalized spacial score (nSPS) is 17.2. The Kier molecular flexibility index (Phi) is 7.10. The van der Waals surface area contributed by atoms with E-state index in [4.69, 9.17) is 23.5 Å². The van der Waals surface area contributed by atoms with Gasteiger partial charge in [0.15, 0.2) is 12.6 Å². The van der Waals surface area contributed by atoms with Gasteiger partial charge in [-0.2, -0.15) is 0 Å². The Morgan fingerprint density at radius 2 is 1.74 bits per heavy atom. The van der Waals surface area contributed by atoms with E-state index in [0.717, 1.165) is 15.5 Å². The predicted octanol–water partition coefficient (Wildman–Crippen LogP) is 3.71. The molecule has 0 radical (unpaired) electrons. The maximum Gasteiger partial charge on any atom is 0.498 e. The van der Waals surface area contributed by atoms with Crippen LogP contribution in [0.25, 0.3) is 10.1 Å². The van der Waals surface area contributed by atoms with Crippen LogP contribution >= 0.6 is 11.3 Å². The van der Waals surface area contributed by atoms with Crippen LogP contribution in [0.1, 0.15) is 57.1 Å². The minimum absolute atomic E-state index is 0.0717. The van der Waals surface area contributed by atoms with Gasteiger partial charge in [-0.1, -0.05) is 6.07 Å². The van der Waals surface area contributed by atoms with Crippen LogP contribution in [0, 0.1) is 0 Å². The molecule has 0 amide bonds. The molecule has 2 aromatic rings. The molecule has 0 saturated carbocycles. The Morgan fingerprint density at radius 1 is 1.06 bits per heavy atom. The SMILES string of the molecule is CCOC(=O)CCC(=O)c1cc2cc(B3OC(C)(C)C(C)(C)O3)c(OCOC)cc2s1. The minimum Gasteiger partial charge on any atom is -0.468 e. The largest absolute Gasteiger partial charge is 0.498 e. The summed E-state index contributed by atoms with van der Waals surface area (Å²) in [5.74, 6) is 0.126. The van der Waals surface area contributed by atoms with E-state index in [1.54, 1.807) is 14.0 Å². The number of thiophene rings is 1. The fraction of sp³-hybridized carbons (Fsp3) is 0.545. The molecular weight excluding hydrogens is 419 g/mol. The van der Waals surface area contributed by atoms with E-state index in [9.17, 15) is 9.59 Å². The van der Waals surface area contributed by atoms with Crippen LogP contribution in [0.4, 0.5) is 0 Å². The third kappa shape index (κ3) is 5.11. The fourth-order valence-corrected chi connectivity index (χ4v) is 4.24. The Balaban J connectivity index is 1.90. The number of hydrogen-bond acceptors (Lipinski definition) is 8. The van der Waals surface area contributed by atoms with Gasteiger partial charge in [0.25, 0.3) is 0 Å². The van der Waals surface area contributed by atoms with Crippen molar-refractivity contribution in [3.05, 3.63) is 23.1 Å². The van der Waals surface area contributed by atoms with Gasteiger partial charge in [-0.3, -0.25) is 9.59 Å². The van der Waals surface area contributed by atoms with Crippen molar-refractivity contribution >= 4 is 45.8 Å². The highest BCUT2D eigenvalue weighted by Crippen LogP contribution is 2.38. The van der Waals surface area contributed by atoms with E-state index in [1.807, 2.05) is 45.9 Å². The molecule has 0 aliphatic carbocycles. The van der Waals surface area contributed by atoms with Crippen LogP contribution < -0.4 is 10.2 Å². The van der Waals surface area contributed by atoms with E-state index in [2.05, 4.69) is 0 Å². The van der Waals surface area contributed by atoms with Crippen molar-refractivity contribution in [2.75, 3.05) is 20.5 Å². The second-order valence-corrected chi connectivity index (χ2v) is 9.49. The van der Waals surface area contributed by atoms with Gasteiger partial charge in [-0.15, -0.1) is 11.3 Å². The summed E-state index contributed by atoms with van der Waals surface area (Å²) in [6.07, 6.45) is 0.186. The van der Waals surface area contributed by atoms with Gasteiger partial charge in [-0.25, -0.2) is 0 Å². The van der Waals surface area contributed by atoms with Crippen LogP contribution in [-0.2, 0) is 23.6 Å². The monoisotopic (exact) mass is 448 g/mol. The first-order valence-corrected chi connectivity index (χ1v) is 11.1. The van der Waals surface area contributed by atoms with Crippen molar-refractivity contribution in [1.82, 2.24) is 0 Å². The molecule has 31 heavy (non-hydrogen) atoms. The molecule has 9 heteroatoms. The molecule has 0 spiro atoms. The number of carbonyl (C=O) groups excluding carboxylic acids is 2. The first-order valence-electron chi connectivity index (χ1n) is 10.3. The highest BCUT2D eigenvalue weighted by Gasteiger charge is 2.52. The summed E-state index contributed by atoms with van der Waals surface area (Å²) >= 11 is 1.36. The van der Waals surface area contributed by atoms with Gasteiger partial charge in [-0.05, 0) is 52.1 Å². The number of ether oxygens (including phenoxy) is 3. The molecule has 0 N–H and O–H groups in total. The number of methoxy groups -OCH3 is 1. The molecule has 2 heterocycles. The lowest BCUT2D eigenvalue weighted by Crippen LogP contribution is -2.41. The van der Waals surface area contributed by atoms with E-state index < -0.39 is 18.3 Å². The molecule has 1 aliphatic heterocycles. The second kappa shape index (κ2) is 9.28. The number of hydrogen-bond donors (Lipinski definition) is 0. The fourth-order valence-electron chi connectivity index (χ4n) is 3.20. The van der Waals surface area contributed by atoms with E-state index in [1.165, 1.54) is 11.3 Å². The van der Waals surface area contributed by atoms with Crippen molar-refractivity contribution in [3.8, 4) is 5.75 Å². The number of Topliss-reactive ketones (excluding diaryl/α,β-unsaturated/α-hetero) is 1. The number of benzene rings is 1. The average Bonchev–Trinajstić information content (AvgIpc) is 3.20. The van der Waals surface area contributed by atoms with Gasteiger partial charge < -0.3 is 23.5 Å². The van der Waals surface area contributed by atoms with E-state index in [0.29, 0.717) is 17.2 Å². The van der Waals surface area contributed by atoms with Gasteiger partial charge in [0, 0.05) is 23.7 Å². The van der Waals surface area contributed by atoms with Crippen LogP contribution in [-0.4, -0.2) is 50.6 Å². The minimum atomic E-state index is -0.607. The molecule has 0 unspecified atom stereocenters. The molecule has 1 aromatic heterocycles. The molecule has 3 rings (SSSR count). The topological polar surface area (TPSA) is 80.3 Å². The summed E-state index contributed by atoms with van der Waals surface area (Å²) in [4.78, 5) is 24.7. The summed E-state index contributed by atoms with van der Waals surface area (Å²) in [6, 6.07) is 5.64. The van der Waals surface area contributed by atoms with E-state index in [-0.39, 0.29) is 31.4 Å². The quantitative estimate of drug-likeness (QED) is 0.250. The molecule has 1 aromatic carbocycles. The molecule has 168 valence electrons. The van der Waals surface area contributed by atoms with Crippen molar-refractivity contribution in [1.29, 1.82) is 0 Å². The van der Waals surface area contributed by atoms with Crippen molar-refractivity contribution in [2.24, 2.45) is 0 Å². The molecule has 1 aliphatic rings. The first-order chi connectivity index (χ1) is 14.6. The standard InChI is InChI=1S/C22H29BO7S/c1-7-27-20(25)9-8-16(24)19-11-14-10-15(17(28-13-26-6)12-18(14)31-19)23-29-21(2,3)22(4,5)30-23/h10-12H,7-9,13H2,1-6H3. The third-order valence-corrected chi connectivity index (χ3v) is 6.76. The Labute approximate surface area is 187 Å². The lowest BCUT2D eigenvalue weighted by atomic mass is 9.78. The number of ketones is 1. The zero-order chi connectivity index (χ0) is 22.8. The van der Waals surface area contributed by atoms with Gasteiger partial charge in [0.1, 0.15) is 5.75 Å². The molecular formula is C22H29BO7S. The first kappa shape index (κ1) is 23.7. The molecule has 7 nitrogen and oxygen atoms in total. The highest BCUT2D eigenvalue weighted by atomic mass is 32.1. The lowest BCUT2D eigenvalue weighted by molar-refractivity contribution is -0.143. The number of fused-ring (bicyclic) bond motifs is 1. The van der Waals surface area contributed by atoms with Crippen molar-refractivity contribution in [2.45, 2.75) is 58.7 Å². The predicted molar refractivity (Wildman–Crippen MR) is 120 cm³/mol. The maximum absolute atomic E-state index is 12.6. The molecule has 0 bridgehead atoms. The Hall–Kier alpha value is -1.94. The maximum atomic E-state index is 12.6. The van der Waals surface area contributed by atoms with Crippen molar-refractivity contribution < 1.29 is 33.1 Å². The number of rotatable bonds is 9. The van der Waals surface area contributed by atoms with Crippen LogP contribution in [0.15, 0.2) is 18.2 Å². The molecule has 1 fully saturated rings. The average molecular weight is 448 g/mol. The summed E-state index contributed by atoms with van der Waals surface area (Å²) in [5.41, 5.74) is -0.242. The van der Waals surface area contributed by atoms with Gasteiger partial charge in [0.05, 0.1) is 29.1 Å². The van der Waals surface area contributed by atoms with Crippen LogP contribution in [0.5, 0.6) is 5.75 Å².